The maximum atomic E-state index is 13.3. The Labute approximate surface area is 198 Å². The van der Waals surface area contributed by atoms with E-state index in [1.165, 1.54) is 0 Å². The van der Waals surface area contributed by atoms with E-state index in [0.717, 1.165) is 23.1 Å². The Balaban J connectivity index is 1.44. The van der Waals surface area contributed by atoms with Crippen molar-refractivity contribution in [3.8, 4) is 22.4 Å². The zero-order chi connectivity index (χ0) is 23.2. The van der Waals surface area contributed by atoms with Crippen molar-refractivity contribution in [2.24, 2.45) is 0 Å². The smallest absolute Gasteiger partial charge is 0.274 e. The molecular weight excluding hydrogens is 440 g/mol. The van der Waals surface area contributed by atoms with Crippen LogP contribution in [0.4, 0.5) is 0 Å². The summed E-state index contributed by atoms with van der Waals surface area (Å²) in [4.78, 5) is 19.7. The molecule has 0 N–H and O–H groups in total. The summed E-state index contributed by atoms with van der Waals surface area (Å²) in [6, 6.07) is 11.5. The third-order valence-corrected chi connectivity index (χ3v) is 6.35. The molecule has 33 heavy (non-hydrogen) atoms. The van der Waals surface area contributed by atoms with Crippen molar-refractivity contribution in [1.82, 2.24) is 9.88 Å². The highest BCUT2D eigenvalue weighted by Gasteiger charge is 2.27. The van der Waals surface area contributed by atoms with Crippen LogP contribution in [0.5, 0.6) is 22.4 Å². The molecule has 0 aliphatic carbocycles. The molecule has 0 unspecified atom stereocenters. The van der Waals surface area contributed by atoms with Gasteiger partial charge in [0.25, 0.3) is 11.1 Å². The summed E-state index contributed by atoms with van der Waals surface area (Å²) in [6.07, 6.45) is 1.57. The van der Waals surface area contributed by atoms with Gasteiger partial charge in [-0.3, -0.25) is 4.79 Å². The lowest BCUT2D eigenvalue weighted by Crippen LogP contribution is -2.41. The molecule has 3 aromatic rings. The summed E-state index contributed by atoms with van der Waals surface area (Å²) in [5.74, 6) is 1.56. The van der Waals surface area contributed by atoms with Gasteiger partial charge in [0.2, 0.25) is 5.75 Å². The highest BCUT2D eigenvalue weighted by atomic mass is 32.1. The van der Waals surface area contributed by atoms with Gasteiger partial charge in [-0.2, -0.15) is 0 Å². The highest BCUT2D eigenvalue weighted by molar-refractivity contribution is 7.20. The molecule has 0 spiro atoms. The van der Waals surface area contributed by atoms with Crippen molar-refractivity contribution in [1.29, 1.82) is 0 Å². The average Bonchev–Trinajstić information content (AvgIpc) is 3.23. The molecule has 1 aliphatic rings. The summed E-state index contributed by atoms with van der Waals surface area (Å²) in [5.41, 5.74) is 1.49. The minimum absolute atomic E-state index is 0.0432. The van der Waals surface area contributed by atoms with Gasteiger partial charge in [-0.15, -0.1) is 0 Å². The molecule has 1 aliphatic heterocycles. The number of likely N-dealkylation sites (tertiary alicyclic amines) is 1. The molecule has 1 fully saturated rings. The Kier molecular flexibility index (Phi) is 7.54. The van der Waals surface area contributed by atoms with Gasteiger partial charge in [0.15, 0.2) is 11.5 Å². The number of hydrogen-bond acceptors (Lipinski definition) is 7. The number of rotatable bonds is 9. The zero-order valence-corrected chi connectivity index (χ0v) is 20.2. The molecule has 0 saturated carbocycles. The number of ether oxygens (including phenoxy) is 4. The van der Waals surface area contributed by atoms with Gasteiger partial charge < -0.3 is 23.8 Å². The van der Waals surface area contributed by atoms with E-state index in [1.54, 1.807) is 23.5 Å². The lowest BCUT2D eigenvalue weighted by Gasteiger charge is -2.32. The third kappa shape index (κ3) is 5.33. The maximum Gasteiger partial charge on any atom is 0.274 e. The van der Waals surface area contributed by atoms with Gasteiger partial charge in [-0.25, -0.2) is 4.98 Å². The fourth-order valence-corrected chi connectivity index (χ4v) is 4.80. The lowest BCUT2D eigenvalue weighted by molar-refractivity contribution is 0.0594. The molecule has 2 aromatic carbocycles. The Morgan fingerprint density at radius 1 is 1.00 bits per heavy atom. The van der Waals surface area contributed by atoms with E-state index in [1.807, 2.05) is 49.9 Å². The number of amides is 1. The predicted molar refractivity (Wildman–Crippen MR) is 129 cm³/mol. The van der Waals surface area contributed by atoms with Crippen molar-refractivity contribution in [2.75, 3.05) is 32.9 Å². The normalized spacial score (nSPS) is 14.3. The summed E-state index contributed by atoms with van der Waals surface area (Å²) in [7, 11) is 0. The van der Waals surface area contributed by atoms with E-state index in [0.29, 0.717) is 60.9 Å². The number of benzene rings is 2. The highest BCUT2D eigenvalue weighted by Crippen LogP contribution is 2.39. The fraction of sp³-hybridized carbons (Fsp3) is 0.440. The summed E-state index contributed by atoms with van der Waals surface area (Å²) in [5, 5.41) is 0.690. The van der Waals surface area contributed by atoms with Gasteiger partial charge in [-0.1, -0.05) is 23.5 Å². The number of fused-ring (bicyclic) bond motifs is 1. The van der Waals surface area contributed by atoms with Gasteiger partial charge >= 0.3 is 0 Å². The molecule has 4 rings (SSSR count). The van der Waals surface area contributed by atoms with Gasteiger partial charge in [0.1, 0.15) is 6.10 Å². The number of thiazole rings is 1. The van der Waals surface area contributed by atoms with Crippen molar-refractivity contribution in [3.05, 3.63) is 42.0 Å². The van der Waals surface area contributed by atoms with Crippen molar-refractivity contribution < 1.29 is 23.7 Å². The first kappa shape index (κ1) is 23.2. The monoisotopic (exact) mass is 470 g/mol. The molecule has 0 atom stereocenters. The Bertz CT molecular complexity index is 1030. The molecule has 2 heterocycles. The van der Waals surface area contributed by atoms with Crippen LogP contribution < -0.4 is 18.9 Å². The molecule has 176 valence electrons. The SMILES string of the molecule is CCOc1cc(C(=O)N2CCC(Oc3nc4ccccc4s3)CC2)cc(OCC)c1OCC. The van der Waals surface area contributed by atoms with E-state index < -0.39 is 0 Å². The Morgan fingerprint density at radius 3 is 2.24 bits per heavy atom. The van der Waals surface area contributed by atoms with Gasteiger partial charge in [0.05, 0.1) is 30.0 Å². The number of hydrogen-bond donors (Lipinski definition) is 0. The molecule has 0 bridgehead atoms. The van der Waals surface area contributed by atoms with Gasteiger partial charge in [0, 0.05) is 31.5 Å². The second-order valence-electron chi connectivity index (χ2n) is 7.66. The average molecular weight is 471 g/mol. The Hall–Kier alpha value is -3.00. The van der Waals surface area contributed by atoms with E-state index in [-0.39, 0.29) is 12.0 Å². The maximum absolute atomic E-state index is 13.3. The molecule has 1 amide bonds. The van der Waals surface area contributed by atoms with Crippen LogP contribution in [0.25, 0.3) is 10.2 Å². The van der Waals surface area contributed by atoms with E-state index in [4.69, 9.17) is 18.9 Å². The minimum atomic E-state index is -0.0432. The fourth-order valence-electron chi connectivity index (χ4n) is 3.92. The third-order valence-electron chi connectivity index (χ3n) is 5.43. The quantitative estimate of drug-likeness (QED) is 0.429. The van der Waals surface area contributed by atoms with Crippen LogP contribution in [-0.4, -0.2) is 54.8 Å². The molecule has 8 heteroatoms. The first-order valence-electron chi connectivity index (χ1n) is 11.5. The van der Waals surface area contributed by atoms with E-state index in [9.17, 15) is 4.79 Å². The molecule has 0 radical (unpaired) electrons. The first-order chi connectivity index (χ1) is 16.1. The zero-order valence-electron chi connectivity index (χ0n) is 19.3. The van der Waals surface area contributed by atoms with E-state index in [2.05, 4.69) is 4.98 Å². The topological polar surface area (TPSA) is 70.1 Å². The standard InChI is InChI=1S/C25H30N2O5S/c1-4-29-20-15-17(16-21(30-5-2)23(20)31-6-3)24(28)27-13-11-18(12-14-27)32-25-26-19-9-7-8-10-22(19)33-25/h7-10,15-16,18H,4-6,11-14H2,1-3H3. The second kappa shape index (κ2) is 10.7. The number of nitrogens with zero attached hydrogens (tertiary/aromatic N) is 2. The van der Waals surface area contributed by atoms with Crippen LogP contribution in [0.3, 0.4) is 0 Å². The summed E-state index contributed by atoms with van der Waals surface area (Å²) >= 11 is 1.56. The second-order valence-corrected chi connectivity index (χ2v) is 8.65. The molecular formula is C25H30N2O5S. The van der Waals surface area contributed by atoms with Crippen LogP contribution in [0.2, 0.25) is 0 Å². The van der Waals surface area contributed by atoms with Crippen LogP contribution in [0.1, 0.15) is 44.0 Å². The number of carbonyl (C=O) groups is 1. The number of carbonyl (C=O) groups excluding carboxylic acids is 1. The Morgan fingerprint density at radius 2 is 1.64 bits per heavy atom. The summed E-state index contributed by atoms with van der Waals surface area (Å²) in [6.45, 7) is 8.38. The summed E-state index contributed by atoms with van der Waals surface area (Å²) < 4.78 is 24.5. The minimum Gasteiger partial charge on any atom is -0.490 e. The van der Waals surface area contributed by atoms with Crippen molar-refractivity contribution in [2.45, 2.75) is 39.7 Å². The largest absolute Gasteiger partial charge is 0.490 e. The van der Waals surface area contributed by atoms with Crippen LogP contribution >= 0.6 is 11.3 Å². The molecule has 7 nitrogen and oxygen atoms in total. The van der Waals surface area contributed by atoms with E-state index >= 15 is 0 Å². The van der Waals surface area contributed by atoms with Crippen LogP contribution in [-0.2, 0) is 0 Å². The number of aromatic nitrogens is 1. The van der Waals surface area contributed by atoms with Crippen LogP contribution in [0, 0.1) is 0 Å². The van der Waals surface area contributed by atoms with Crippen LogP contribution in [0.15, 0.2) is 36.4 Å². The van der Waals surface area contributed by atoms with Crippen molar-refractivity contribution in [3.63, 3.8) is 0 Å². The molecule has 1 saturated heterocycles. The van der Waals surface area contributed by atoms with Gasteiger partial charge in [-0.05, 0) is 45.0 Å². The predicted octanol–water partition coefficient (Wildman–Crippen LogP) is 5.18. The van der Waals surface area contributed by atoms with Crippen molar-refractivity contribution >= 4 is 27.5 Å². The molecule has 1 aromatic heterocycles. The number of para-hydroxylation sites is 1. The first-order valence-corrected chi connectivity index (χ1v) is 12.3. The lowest BCUT2D eigenvalue weighted by atomic mass is 10.1. The number of piperidine rings is 1.